The van der Waals surface area contributed by atoms with Gasteiger partial charge in [0.2, 0.25) is 0 Å². The standard InChI is InChI=1S/C14H17BrO4/c1-3-18-14(17)7-5-11(16)9-19-13-6-4-10(2)8-12(13)15/h4,6,8H,3,5,7,9H2,1-2H3. The van der Waals surface area contributed by atoms with Crippen molar-refractivity contribution >= 4 is 27.7 Å². The average molecular weight is 329 g/mol. The van der Waals surface area contributed by atoms with E-state index >= 15 is 0 Å². The van der Waals surface area contributed by atoms with Crippen LogP contribution in [0.15, 0.2) is 22.7 Å². The Hall–Kier alpha value is -1.36. The highest BCUT2D eigenvalue weighted by molar-refractivity contribution is 9.10. The quantitative estimate of drug-likeness (QED) is 0.722. The summed E-state index contributed by atoms with van der Waals surface area (Å²) < 4.78 is 11.0. The van der Waals surface area contributed by atoms with Gasteiger partial charge in [-0.05, 0) is 47.5 Å². The van der Waals surface area contributed by atoms with Crippen LogP contribution in [0.25, 0.3) is 0 Å². The van der Waals surface area contributed by atoms with Gasteiger partial charge in [-0.25, -0.2) is 0 Å². The van der Waals surface area contributed by atoms with E-state index in [-0.39, 0.29) is 31.2 Å². The fourth-order valence-electron chi connectivity index (χ4n) is 1.43. The minimum absolute atomic E-state index is 0.0406. The number of hydrogen-bond donors (Lipinski definition) is 0. The van der Waals surface area contributed by atoms with Crippen molar-refractivity contribution in [1.82, 2.24) is 0 Å². The van der Waals surface area contributed by atoms with Crippen molar-refractivity contribution in [1.29, 1.82) is 0 Å². The summed E-state index contributed by atoms with van der Waals surface area (Å²) >= 11 is 3.37. The molecule has 5 heteroatoms. The van der Waals surface area contributed by atoms with Crippen molar-refractivity contribution < 1.29 is 19.1 Å². The molecule has 0 unspecified atom stereocenters. The van der Waals surface area contributed by atoms with Gasteiger partial charge in [0.1, 0.15) is 12.4 Å². The number of carbonyl (C=O) groups is 2. The first kappa shape index (κ1) is 15.7. The van der Waals surface area contributed by atoms with Gasteiger partial charge in [0.25, 0.3) is 0 Å². The smallest absolute Gasteiger partial charge is 0.306 e. The van der Waals surface area contributed by atoms with E-state index in [1.165, 1.54) is 0 Å². The minimum atomic E-state index is -0.354. The number of halogens is 1. The minimum Gasteiger partial charge on any atom is -0.485 e. The number of hydrogen-bond acceptors (Lipinski definition) is 4. The Kier molecular flexibility index (Phi) is 6.56. The first-order valence-electron chi connectivity index (χ1n) is 6.09. The second kappa shape index (κ2) is 7.94. The van der Waals surface area contributed by atoms with Crippen molar-refractivity contribution in [3.05, 3.63) is 28.2 Å². The number of ketones is 1. The second-order valence-electron chi connectivity index (χ2n) is 4.07. The van der Waals surface area contributed by atoms with E-state index in [1.54, 1.807) is 13.0 Å². The van der Waals surface area contributed by atoms with Crippen LogP contribution >= 0.6 is 15.9 Å². The summed E-state index contributed by atoms with van der Waals surface area (Å²) in [6, 6.07) is 5.62. The lowest BCUT2D eigenvalue weighted by Gasteiger charge is -2.08. The molecule has 0 saturated heterocycles. The lowest BCUT2D eigenvalue weighted by molar-refractivity contribution is -0.144. The van der Waals surface area contributed by atoms with Gasteiger partial charge < -0.3 is 9.47 Å². The SMILES string of the molecule is CCOC(=O)CCC(=O)COc1ccc(C)cc1Br. The molecule has 0 saturated carbocycles. The van der Waals surface area contributed by atoms with Crippen LogP contribution in [0.2, 0.25) is 0 Å². The van der Waals surface area contributed by atoms with Crippen molar-refractivity contribution in [2.45, 2.75) is 26.7 Å². The van der Waals surface area contributed by atoms with Gasteiger partial charge in [-0.1, -0.05) is 6.07 Å². The molecule has 0 radical (unpaired) electrons. The molecule has 0 aliphatic carbocycles. The zero-order chi connectivity index (χ0) is 14.3. The number of benzene rings is 1. The van der Waals surface area contributed by atoms with E-state index in [0.29, 0.717) is 12.4 Å². The molecule has 0 aliphatic rings. The molecule has 0 N–H and O–H groups in total. The third kappa shape index (κ3) is 5.87. The highest BCUT2D eigenvalue weighted by Gasteiger charge is 2.09. The molecule has 0 atom stereocenters. The molecule has 104 valence electrons. The lowest BCUT2D eigenvalue weighted by atomic mass is 10.2. The van der Waals surface area contributed by atoms with Crippen LogP contribution in [-0.4, -0.2) is 25.0 Å². The van der Waals surface area contributed by atoms with Gasteiger partial charge in [-0.15, -0.1) is 0 Å². The molecular formula is C14H17BrO4. The Morgan fingerprint density at radius 1 is 1.26 bits per heavy atom. The van der Waals surface area contributed by atoms with Gasteiger partial charge in [0, 0.05) is 6.42 Å². The Labute approximate surface area is 121 Å². The number of rotatable bonds is 7. The van der Waals surface area contributed by atoms with Gasteiger partial charge in [0.15, 0.2) is 5.78 Å². The summed E-state index contributed by atoms with van der Waals surface area (Å²) in [6.07, 6.45) is 0.243. The van der Waals surface area contributed by atoms with Gasteiger partial charge in [0.05, 0.1) is 17.5 Å². The maximum atomic E-state index is 11.6. The number of carbonyl (C=O) groups excluding carboxylic acids is 2. The molecule has 0 bridgehead atoms. The summed E-state index contributed by atoms with van der Waals surface area (Å²) in [4.78, 5) is 22.6. The maximum Gasteiger partial charge on any atom is 0.306 e. The van der Waals surface area contributed by atoms with E-state index in [9.17, 15) is 9.59 Å². The fraction of sp³-hybridized carbons (Fsp3) is 0.429. The summed E-state index contributed by atoms with van der Waals surface area (Å²) in [5.41, 5.74) is 1.10. The van der Waals surface area contributed by atoms with Crippen molar-refractivity contribution in [2.24, 2.45) is 0 Å². The van der Waals surface area contributed by atoms with Crippen LogP contribution in [0.3, 0.4) is 0 Å². The third-order valence-corrected chi connectivity index (χ3v) is 3.01. The Morgan fingerprint density at radius 2 is 2.00 bits per heavy atom. The second-order valence-corrected chi connectivity index (χ2v) is 4.92. The van der Waals surface area contributed by atoms with E-state index in [1.807, 2.05) is 19.1 Å². The molecule has 19 heavy (non-hydrogen) atoms. The first-order valence-corrected chi connectivity index (χ1v) is 6.88. The van der Waals surface area contributed by atoms with Crippen LogP contribution < -0.4 is 4.74 Å². The maximum absolute atomic E-state index is 11.6. The zero-order valence-electron chi connectivity index (χ0n) is 11.1. The number of ether oxygens (including phenoxy) is 2. The Balaban J connectivity index is 2.36. The van der Waals surface area contributed by atoms with Gasteiger partial charge in [-0.2, -0.15) is 0 Å². The fourth-order valence-corrected chi connectivity index (χ4v) is 2.04. The summed E-state index contributed by atoms with van der Waals surface area (Å²) in [6.45, 7) is 4.00. The van der Waals surface area contributed by atoms with E-state index < -0.39 is 0 Å². The monoisotopic (exact) mass is 328 g/mol. The molecule has 0 amide bonds. The van der Waals surface area contributed by atoms with Gasteiger partial charge >= 0.3 is 5.97 Å². The number of esters is 1. The van der Waals surface area contributed by atoms with E-state index in [0.717, 1.165) is 10.0 Å². The predicted octanol–water partition coefficient (Wildman–Crippen LogP) is 3.05. The van der Waals surface area contributed by atoms with Crippen LogP contribution in [0.1, 0.15) is 25.3 Å². The first-order chi connectivity index (χ1) is 9.02. The van der Waals surface area contributed by atoms with Crippen LogP contribution in [0.4, 0.5) is 0 Å². The summed E-state index contributed by atoms with van der Waals surface area (Å²) in [5.74, 6) is 0.142. The molecule has 0 aromatic heterocycles. The largest absolute Gasteiger partial charge is 0.485 e. The lowest BCUT2D eigenvalue weighted by Crippen LogP contribution is -2.14. The van der Waals surface area contributed by atoms with Crippen molar-refractivity contribution in [3.63, 3.8) is 0 Å². The third-order valence-electron chi connectivity index (χ3n) is 2.39. The van der Waals surface area contributed by atoms with Crippen LogP contribution in [0.5, 0.6) is 5.75 Å². The van der Waals surface area contributed by atoms with Gasteiger partial charge in [-0.3, -0.25) is 9.59 Å². The molecule has 1 aromatic rings. The normalized spacial score (nSPS) is 10.1. The van der Waals surface area contributed by atoms with E-state index in [4.69, 9.17) is 9.47 Å². The Bertz CT molecular complexity index is 457. The van der Waals surface area contributed by atoms with Crippen LogP contribution in [-0.2, 0) is 14.3 Å². The Morgan fingerprint density at radius 3 is 2.63 bits per heavy atom. The molecule has 1 aromatic carbocycles. The highest BCUT2D eigenvalue weighted by Crippen LogP contribution is 2.25. The zero-order valence-corrected chi connectivity index (χ0v) is 12.7. The molecule has 0 spiro atoms. The molecule has 4 nitrogen and oxygen atoms in total. The molecular weight excluding hydrogens is 312 g/mol. The molecule has 0 heterocycles. The van der Waals surface area contributed by atoms with E-state index in [2.05, 4.69) is 15.9 Å². The number of aryl methyl sites for hydroxylation is 1. The summed E-state index contributed by atoms with van der Waals surface area (Å²) in [7, 11) is 0. The molecule has 1 rings (SSSR count). The summed E-state index contributed by atoms with van der Waals surface area (Å²) in [5, 5.41) is 0. The van der Waals surface area contributed by atoms with Crippen molar-refractivity contribution in [2.75, 3.05) is 13.2 Å². The molecule has 0 fully saturated rings. The molecule has 0 aliphatic heterocycles. The highest BCUT2D eigenvalue weighted by atomic mass is 79.9. The number of Topliss-reactive ketones (excluding diaryl/α,β-unsaturated/α-hetero) is 1. The average Bonchev–Trinajstić information content (AvgIpc) is 2.35. The topological polar surface area (TPSA) is 52.6 Å². The van der Waals surface area contributed by atoms with Crippen molar-refractivity contribution in [3.8, 4) is 5.75 Å². The predicted molar refractivity (Wildman–Crippen MR) is 75.2 cm³/mol. The van der Waals surface area contributed by atoms with Crippen LogP contribution in [0, 0.1) is 6.92 Å².